The number of alkyl halides is 6. The first kappa shape index (κ1) is 41.7. The van der Waals surface area contributed by atoms with E-state index in [0.29, 0.717) is 18.6 Å². The SMILES string of the molecule is CCCC(=O)CCCCC[C@H](NC(=O)C1CCN(C)CC1)c1ncc(-c2ccc3ccccc3c2)[nH]1.O=C(O)C(F)(F)F.O=C(O)C(F)(F)F. The van der Waals surface area contributed by atoms with E-state index in [1.165, 1.54) is 10.8 Å². The number of aromatic nitrogens is 2. The van der Waals surface area contributed by atoms with Crippen molar-refractivity contribution in [1.82, 2.24) is 20.2 Å². The minimum Gasteiger partial charge on any atom is -0.475 e. The summed E-state index contributed by atoms with van der Waals surface area (Å²) in [4.78, 5) is 53.3. The molecule has 2 aromatic carbocycles. The van der Waals surface area contributed by atoms with E-state index in [0.717, 1.165) is 75.1 Å². The summed E-state index contributed by atoms with van der Waals surface area (Å²) >= 11 is 0. The van der Waals surface area contributed by atoms with Crippen LogP contribution in [0.15, 0.2) is 48.7 Å². The molecule has 1 saturated heterocycles. The maximum absolute atomic E-state index is 13.1. The fourth-order valence-electron chi connectivity index (χ4n) is 5.11. The van der Waals surface area contributed by atoms with E-state index in [-0.39, 0.29) is 17.9 Å². The number of piperidine rings is 1. The van der Waals surface area contributed by atoms with Crippen molar-refractivity contribution in [3.63, 3.8) is 0 Å². The van der Waals surface area contributed by atoms with Crippen LogP contribution in [0.5, 0.6) is 0 Å². The zero-order valence-corrected chi connectivity index (χ0v) is 27.7. The molecule has 16 heteroatoms. The number of fused-ring (bicyclic) bond motifs is 1. The minimum atomic E-state index is -5.08. The van der Waals surface area contributed by atoms with Crippen molar-refractivity contribution >= 4 is 34.4 Å². The maximum atomic E-state index is 13.1. The number of aliphatic carboxylic acids is 2. The van der Waals surface area contributed by atoms with Gasteiger partial charge in [-0.2, -0.15) is 26.3 Å². The molecule has 2 heterocycles. The molecule has 50 heavy (non-hydrogen) atoms. The monoisotopic (exact) mass is 716 g/mol. The van der Waals surface area contributed by atoms with Crippen LogP contribution in [0, 0.1) is 5.92 Å². The molecule has 0 spiro atoms. The smallest absolute Gasteiger partial charge is 0.475 e. The molecule has 1 aliphatic rings. The number of carboxylic acids is 2. The second-order valence-electron chi connectivity index (χ2n) is 11.9. The highest BCUT2D eigenvalue weighted by atomic mass is 19.4. The van der Waals surface area contributed by atoms with Crippen molar-refractivity contribution < 1.29 is 55.7 Å². The topological polar surface area (TPSA) is 153 Å². The molecule has 1 fully saturated rings. The number of unbranched alkanes of at least 4 members (excludes halogenated alkanes) is 2. The Morgan fingerprint density at radius 2 is 1.48 bits per heavy atom. The number of halogens is 6. The summed E-state index contributed by atoms with van der Waals surface area (Å²) < 4.78 is 63.5. The van der Waals surface area contributed by atoms with Crippen LogP contribution in [-0.2, 0) is 19.2 Å². The number of aromatic amines is 1. The molecule has 0 unspecified atom stereocenters. The standard InChI is InChI=1S/C30H40N4O2.2C2HF3O2/c1-3-9-26(35)12-5-4-6-13-27(33-30(36)23-16-18-34(2)19-17-23)29-31-21-28(32-29)25-15-14-22-10-7-8-11-24(22)20-25;2*3-2(4,5)1(6)7/h7-8,10-11,14-15,20-21,23,27H,3-6,9,12-13,16-19H2,1-2H3,(H,31,32)(H,33,36);2*(H,6,7)/t27-;;/m0../s1. The molecule has 0 saturated carbocycles. The molecule has 0 bridgehead atoms. The number of carbonyl (C=O) groups excluding carboxylic acids is 2. The fourth-order valence-corrected chi connectivity index (χ4v) is 5.11. The molecule has 1 atom stereocenters. The number of Topliss-reactive ketones (excluding diaryl/α,β-unsaturated/α-hetero) is 1. The largest absolute Gasteiger partial charge is 0.490 e. The van der Waals surface area contributed by atoms with Gasteiger partial charge in [0.25, 0.3) is 0 Å². The molecule has 1 amide bonds. The van der Waals surface area contributed by atoms with Crippen molar-refractivity contribution in [2.45, 2.75) is 83.1 Å². The van der Waals surface area contributed by atoms with E-state index >= 15 is 0 Å². The number of hydrogen-bond acceptors (Lipinski definition) is 6. The quantitative estimate of drug-likeness (QED) is 0.112. The van der Waals surface area contributed by atoms with E-state index in [4.69, 9.17) is 24.8 Å². The van der Waals surface area contributed by atoms with Gasteiger partial charge in [0, 0.05) is 24.3 Å². The first-order chi connectivity index (χ1) is 23.4. The average Bonchev–Trinajstić information content (AvgIpc) is 3.54. The number of imidazole rings is 1. The van der Waals surface area contributed by atoms with Crippen LogP contribution in [-0.4, -0.2) is 81.2 Å². The van der Waals surface area contributed by atoms with E-state index < -0.39 is 24.3 Å². The Bertz CT molecular complexity index is 1530. The molecule has 10 nitrogen and oxygen atoms in total. The second kappa shape index (κ2) is 19.6. The molecular formula is C34H42F6N4O6. The number of hydrogen-bond donors (Lipinski definition) is 4. The lowest BCUT2D eigenvalue weighted by Gasteiger charge is -2.29. The number of amides is 1. The first-order valence-electron chi connectivity index (χ1n) is 16.1. The molecule has 1 aromatic heterocycles. The van der Waals surface area contributed by atoms with E-state index in [9.17, 15) is 35.9 Å². The van der Waals surface area contributed by atoms with Crippen LogP contribution in [0.3, 0.4) is 0 Å². The van der Waals surface area contributed by atoms with E-state index in [1.54, 1.807) is 0 Å². The van der Waals surface area contributed by atoms with Gasteiger partial charge in [0.05, 0.1) is 17.9 Å². The third kappa shape index (κ3) is 14.6. The predicted octanol–water partition coefficient (Wildman–Crippen LogP) is 7.32. The Kier molecular flexibility index (Phi) is 16.4. The van der Waals surface area contributed by atoms with Gasteiger partial charge in [-0.3, -0.25) is 9.59 Å². The van der Waals surface area contributed by atoms with Crippen LogP contribution < -0.4 is 5.32 Å². The van der Waals surface area contributed by atoms with Gasteiger partial charge in [0.2, 0.25) is 5.91 Å². The van der Waals surface area contributed by atoms with Gasteiger partial charge >= 0.3 is 24.3 Å². The average molecular weight is 717 g/mol. The van der Waals surface area contributed by atoms with Crippen molar-refractivity contribution in [2.24, 2.45) is 5.92 Å². The minimum absolute atomic E-state index is 0.0604. The van der Waals surface area contributed by atoms with Crippen molar-refractivity contribution in [2.75, 3.05) is 20.1 Å². The number of H-pyrrole nitrogens is 1. The Labute approximate surface area is 285 Å². The lowest BCUT2D eigenvalue weighted by molar-refractivity contribution is -0.193. The fraction of sp³-hybridized carbons (Fsp3) is 0.500. The Hall–Kier alpha value is -4.47. The maximum Gasteiger partial charge on any atom is 0.490 e. The lowest BCUT2D eigenvalue weighted by Crippen LogP contribution is -2.40. The summed E-state index contributed by atoms with van der Waals surface area (Å²) in [5.41, 5.74) is 2.04. The normalized spacial score (nSPS) is 14.5. The lowest BCUT2D eigenvalue weighted by atomic mass is 9.95. The number of benzene rings is 2. The molecular weight excluding hydrogens is 674 g/mol. The zero-order valence-electron chi connectivity index (χ0n) is 27.7. The van der Waals surface area contributed by atoms with Gasteiger partial charge in [-0.1, -0.05) is 56.2 Å². The Balaban J connectivity index is 0.000000521. The van der Waals surface area contributed by atoms with Gasteiger partial charge in [-0.25, -0.2) is 14.6 Å². The number of ketones is 1. The highest BCUT2D eigenvalue weighted by Crippen LogP contribution is 2.27. The van der Waals surface area contributed by atoms with Crippen molar-refractivity contribution in [1.29, 1.82) is 0 Å². The predicted molar refractivity (Wildman–Crippen MR) is 173 cm³/mol. The molecule has 1 aliphatic heterocycles. The number of rotatable bonds is 12. The van der Waals surface area contributed by atoms with Crippen LogP contribution in [0.4, 0.5) is 26.3 Å². The summed E-state index contributed by atoms with van der Waals surface area (Å²) in [5.74, 6) is -4.16. The number of nitrogens with one attached hydrogen (secondary N) is 2. The zero-order chi connectivity index (χ0) is 37.5. The third-order valence-corrected chi connectivity index (χ3v) is 7.85. The molecule has 4 N–H and O–H groups in total. The van der Waals surface area contributed by atoms with Crippen LogP contribution in [0.2, 0.25) is 0 Å². The summed E-state index contributed by atoms with van der Waals surface area (Å²) in [7, 11) is 2.11. The van der Waals surface area contributed by atoms with Crippen LogP contribution >= 0.6 is 0 Å². The summed E-state index contributed by atoms with van der Waals surface area (Å²) in [6.45, 7) is 3.97. The number of carbonyl (C=O) groups is 4. The van der Waals surface area contributed by atoms with Crippen molar-refractivity contribution in [3.05, 3.63) is 54.5 Å². The van der Waals surface area contributed by atoms with Gasteiger partial charge in [0.1, 0.15) is 11.6 Å². The van der Waals surface area contributed by atoms with Crippen LogP contribution in [0.25, 0.3) is 22.0 Å². The number of nitrogens with zero attached hydrogens (tertiary/aromatic N) is 2. The van der Waals surface area contributed by atoms with Crippen LogP contribution in [0.1, 0.15) is 76.6 Å². The Morgan fingerprint density at radius 1 is 0.900 bits per heavy atom. The van der Waals surface area contributed by atoms with Gasteiger partial charge < -0.3 is 25.4 Å². The van der Waals surface area contributed by atoms with E-state index in [1.807, 2.05) is 19.2 Å². The second-order valence-corrected chi connectivity index (χ2v) is 11.9. The van der Waals surface area contributed by atoms with E-state index in [2.05, 4.69) is 58.6 Å². The third-order valence-electron chi connectivity index (χ3n) is 7.85. The van der Waals surface area contributed by atoms with Gasteiger partial charge in [0.15, 0.2) is 0 Å². The summed E-state index contributed by atoms with van der Waals surface area (Å²) in [5, 5.41) is 20.0. The molecule has 3 aromatic rings. The number of likely N-dealkylation sites (tertiary alicyclic amines) is 1. The first-order valence-corrected chi connectivity index (χ1v) is 16.1. The van der Waals surface area contributed by atoms with Gasteiger partial charge in [-0.15, -0.1) is 0 Å². The summed E-state index contributed by atoms with van der Waals surface area (Å²) in [6, 6.07) is 14.6. The molecule has 0 radical (unpaired) electrons. The summed E-state index contributed by atoms with van der Waals surface area (Å²) in [6.07, 6.45) is -0.589. The van der Waals surface area contributed by atoms with Crippen molar-refractivity contribution in [3.8, 4) is 11.3 Å². The molecule has 0 aliphatic carbocycles. The Morgan fingerprint density at radius 3 is 2.04 bits per heavy atom. The highest BCUT2D eigenvalue weighted by Gasteiger charge is 2.39. The highest BCUT2D eigenvalue weighted by molar-refractivity contribution is 5.86. The number of carboxylic acid groups (broad SMARTS) is 2. The molecule has 276 valence electrons. The molecule has 4 rings (SSSR count). The van der Waals surface area contributed by atoms with Gasteiger partial charge in [-0.05, 0) is 69.1 Å².